The lowest BCUT2D eigenvalue weighted by Gasteiger charge is -2.48. The Kier molecular flexibility index (Phi) is 7.06. The van der Waals surface area contributed by atoms with Crippen LogP contribution in [0.5, 0.6) is 0 Å². The molecule has 2 heterocycles. The van der Waals surface area contributed by atoms with Crippen LogP contribution in [0.25, 0.3) is 0 Å². The SMILES string of the molecule is C=CCOC(=O)C1=C(S(C)=O)S[C@@H]2[C@H]([C@H](CC)O[Si](C)(C)C(C)(C)C)C(=O)N12. The molecule has 28 heavy (non-hydrogen) atoms. The van der Waals surface area contributed by atoms with E-state index in [1.807, 2.05) is 6.92 Å². The van der Waals surface area contributed by atoms with Crippen molar-refractivity contribution in [3.05, 3.63) is 22.6 Å². The molecule has 2 aliphatic rings. The lowest BCUT2D eigenvalue weighted by atomic mass is 9.90. The number of carbonyl (C=O) groups excluding carboxylic acids is 2. The molecule has 0 bridgehead atoms. The summed E-state index contributed by atoms with van der Waals surface area (Å²) >= 11 is 1.32. The molecule has 0 N–H and O–H groups in total. The second kappa shape index (κ2) is 8.45. The Labute approximate surface area is 175 Å². The van der Waals surface area contributed by atoms with Crippen molar-refractivity contribution in [2.75, 3.05) is 12.9 Å². The number of esters is 1. The Morgan fingerprint density at radius 1 is 1.43 bits per heavy atom. The molecule has 0 aromatic carbocycles. The van der Waals surface area contributed by atoms with Gasteiger partial charge in [-0.15, -0.1) is 0 Å². The minimum Gasteiger partial charge on any atom is -0.457 e. The average molecular weight is 446 g/mol. The zero-order valence-electron chi connectivity index (χ0n) is 17.7. The molecule has 1 unspecified atom stereocenters. The van der Waals surface area contributed by atoms with Crippen LogP contribution < -0.4 is 0 Å². The summed E-state index contributed by atoms with van der Waals surface area (Å²) in [6, 6.07) is 0. The summed E-state index contributed by atoms with van der Waals surface area (Å²) in [6.45, 7) is 16.4. The van der Waals surface area contributed by atoms with Crippen molar-refractivity contribution in [3.63, 3.8) is 0 Å². The minimum absolute atomic E-state index is 0.0314. The first-order valence-electron chi connectivity index (χ1n) is 9.40. The normalized spacial score (nSPS) is 24.5. The number of rotatable bonds is 8. The highest BCUT2D eigenvalue weighted by atomic mass is 32.2. The van der Waals surface area contributed by atoms with E-state index in [0.29, 0.717) is 10.7 Å². The summed E-state index contributed by atoms with van der Waals surface area (Å²) in [5.74, 6) is -1.15. The summed E-state index contributed by atoms with van der Waals surface area (Å²) in [5, 5.41) is -0.239. The number of hydrogen-bond donors (Lipinski definition) is 0. The Hall–Kier alpha value is -0.903. The van der Waals surface area contributed by atoms with E-state index in [-0.39, 0.29) is 40.6 Å². The van der Waals surface area contributed by atoms with Gasteiger partial charge in [0.05, 0.1) is 22.8 Å². The van der Waals surface area contributed by atoms with E-state index in [4.69, 9.17) is 9.16 Å². The van der Waals surface area contributed by atoms with Gasteiger partial charge in [-0.25, -0.2) is 4.79 Å². The van der Waals surface area contributed by atoms with Crippen molar-refractivity contribution in [1.29, 1.82) is 0 Å². The third-order valence-electron chi connectivity index (χ3n) is 5.59. The van der Waals surface area contributed by atoms with Crippen molar-refractivity contribution in [1.82, 2.24) is 4.90 Å². The van der Waals surface area contributed by atoms with Gasteiger partial charge in [0.2, 0.25) is 5.91 Å². The summed E-state index contributed by atoms with van der Waals surface area (Å²) < 4.78 is 24.3. The van der Waals surface area contributed by atoms with Gasteiger partial charge in [0.25, 0.3) is 0 Å². The van der Waals surface area contributed by atoms with Crippen LogP contribution in [0.1, 0.15) is 34.1 Å². The first-order valence-corrected chi connectivity index (χ1v) is 14.7. The predicted molar refractivity (Wildman–Crippen MR) is 116 cm³/mol. The molecule has 0 spiro atoms. The molecule has 158 valence electrons. The maximum atomic E-state index is 13.0. The number of thioether (sulfide) groups is 1. The van der Waals surface area contributed by atoms with Crippen LogP contribution in [0.4, 0.5) is 0 Å². The fourth-order valence-electron chi connectivity index (χ4n) is 3.01. The second-order valence-electron chi connectivity index (χ2n) is 8.54. The molecular formula is C19H31NO5S2Si. The lowest BCUT2D eigenvalue weighted by molar-refractivity contribution is -0.158. The van der Waals surface area contributed by atoms with Crippen molar-refractivity contribution >= 4 is 42.8 Å². The zero-order valence-corrected chi connectivity index (χ0v) is 20.4. The summed E-state index contributed by atoms with van der Waals surface area (Å²) in [4.78, 5) is 26.9. The van der Waals surface area contributed by atoms with Crippen LogP contribution in [0.2, 0.25) is 18.1 Å². The Morgan fingerprint density at radius 2 is 2.04 bits per heavy atom. The molecule has 1 amide bonds. The molecule has 2 rings (SSSR count). The third kappa shape index (κ3) is 4.17. The first kappa shape index (κ1) is 23.4. The van der Waals surface area contributed by atoms with Gasteiger partial charge in [0, 0.05) is 6.26 Å². The molecule has 1 fully saturated rings. The highest BCUT2D eigenvalue weighted by Gasteiger charge is 2.60. The van der Waals surface area contributed by atoms with Gasteiger partial charge in [0.15, 0.2) is 14.0 Å². The van der Waals surface area contributed by atoms with Gasteiger partial charge < -0.3 is 9.16 Å². The molecule has 9 heteroatoms. The number of hydrogen-bond acceptors (Lipinski definition) is 6. The van der Waals surface area contributed by atoms with Crippen LogP contribution in [0.3, 0.4) is 0 Å². The smallest absolute Gasteiger partial charge is 0.357 e. The fraction of sp³-hybridized carbons (Fsp3) is 0.684. The standard InChI is InChI=1S/C19H31NO5S2Si/c1-9-11-24-17(22)14-18(27(6)23)26-16-13(15(21)20(14)16)12(10-2)25-28(7,8)19(3,4)5/h9,12-13,16H,1,10-11H2,2-8H3/t12-,13+,16+,27?/m0/s1. The highest BCUT2D eigenvalue weighted by Crippen LogP contribution is 2.53. The maximum Gasteiger partial charge on any atom is 0.357 e. The van der Waals surface area contributed by atoms with E-state index in [9.17, 15) is 13.8 Å². The monoisotopic (exact) mass is 445 g/mol. The van der Waals surface area contributed by atoms with Crippen LogP contribution >= 0.6 is 11.8 Å². The summed E-state index contributed by atoms with van der Waals surface area (Å²) in [6.07, 6.45) is 3.45. The highest BCUT2D eigenvalue weighted by molar-refractivity contribution is 8.17. The van der Waals surface area contributed by atoms with Crippen molar-refractivity contribution < 1.29 is 23.0 Å². The molecule has 0 radical (unpaired) electrons. The van der Waals surface area contributed by atoms with Gasteiger partial charge >= 0.3 is 5.97 Å². The van der Waals surface area contributed by atoms with E-state index < -0.39 is 25.1 Å². The van der Waals surface area contributed by atoms with Gasteiger partial charge in [-0.1, -0.05) is 52.1 Å². The number of nitrogens with zero attached hydrogens (tertiary/aromatic N) is 1. The Balaban J connectivity index is 2.26. The minimum atomic E-state index is -2.06. The maximum absolute atomic E-state index is 13.0. The van der Waals surface area contributed by atoms with E-state index in [1.165, 1.54) is 29.0 Å². The van der Waals surface area contributed by atoms with E-state index in [1.54, 1.807) is 0 Å². The molecule has 0 aromatic rings. The molecule has 0 aliphatic carbocycles. The first-order chi connectivity index (χ1) is 12.9. The molecular weight excluding hydrogens is 414 g/mol. The largest absolute Gasteiger partial charge is 0.457 e. The van der Waals surface area contributed by atoms with E-state index in [2.05, 4.69) is 40.4 Å². The predicted octanol–water partition coefficient (Wildman–Crippen LogP) is 3.59. The number of carbonyl (C=O) groups is 2. The molecule has 0 saturated carbocycles. The Bertz CT molecular complexity index is 728. The lowest BCUT2D eigenvalue weighted by Crippen LogP contribution is -2.63. The molecule has 0 aromatic heterocycles. The molecule has 6 nitrogen and oxygen atoms in total. The Morgan fingerprint density at radius 3 is 2.50 bits per heavy atom. The van der Waals surface area contributed by atoms with Crippen molar-refractivity contribution in [2.45, 2.75) is 63.7 Å². The number of ether oxygens (including phenoxy) is 1. The number of amides is 1. The van der Waals surface area contributed by atoms with Crippen LogP contribution in [-0.4, -0.2) is 53.6 Å². The van der Waals surface area contributed by atoms with E-state index in [0.717, 1.165) is 0 Å². The van der Waals surface area contributed by atoms with Crippen LogP contribution in [0.15, 0.2) is 22.6 Å². The summed E-state index contributed by atoms with van der Waals surface area (Å²) in [5.41, 5.74) is 0.112. The second-order valence-corrected chi connectivity index (χ2v) is 16.0. The van der Waals surface area contributed by atoms with Gasteiger partial charge in [-0.2, -0.15) is 0 Å². The van der Waals surface area contributed by atoms with Crippen molar-refractivity contribution in [3.8, 4) is 0 Å². The van der Waals surface area contributed by atoms with Gasteiger partial charge in [-0.3, -0.25) is 13.9 Å². The van der Waals surface area contributed by atoms with Gasteiger partial charge in [0.1, 0.15) is 16.2 Å². The van der Waals surface area contributed by atoms with Crippen LogP contribution in [0, 0.1) is 5.92 Å². The fourth-order valence-corrected chi connectivity index (χ4v) is 6.99. The third-order valence-corrected chi connectivity index (χ3v) is 13.0. The zero-order chi connectivity index (χ0) is 21.4. The quantitative estimate of drug-likeness (QED) is 0.246. The van der Waals surface area contributed by atoms with Gasteiger partial charge in [-0.05, 0) is 24.6 Å². The molecule has 1 saturated heterocycles. The van der Waals surface area contributed by atoms with Crippen LogP contribution in [-0.2, 0) is 29.6 Å². The topological polar surface area (TPSA) is 72.9 Å². The molecule has 4 atom stereocenters. The average Bonchev–Trinajstić information content (AvgIpc) is 2.93. The number of β-lactam (4-membered cyclic amide) rings is 1. The van der Waals surface area contributed by atoms with Crippen molar-refractivity contribution in [2.24, 2.45) is 5.92 Å². The molecule has 2 aliphatic heterocycles. The number of fused-ring (bicyclic) bond motifs is 1. The van der Waals surface area contributed by atoms with E-state index >= 15 is 0 Å². The summed E-state index contributed by atoms with van der Waals surface area (Å²) in [7, 11) is -3.45.